The van der Waals surface area contributed by atoms with Gasteiger partial charge in [-0.25, -0.2) is 9.59 Å². The second-order valence-corrected chi connectivity index (χ2v) is 13.9. The van der Waals surface area contributed by atoms with Crippen molar-refractivity contribution < 1.29 is 51.2 Å². The van der Waals surface area contributed by atoms with Crippen LogP contribution in [0, 0.1) is 0 Å². The van der Waals surface area contributed by atoms with Gasteiger partial charge < -0.3 is 34.3 Å². The largest absolute Gasteiger partial charge is 0.497 e. The van der Waals surface area contributed by atoms with Gasteiger partial charge in [-0.1, -0.05) is 91.0 Å². The molecule has 1 aliphatic rings. The minimum atomic E-state index is -5.40. The van der Waals surface area contributed by atoms with Crippen molar-refractivity contribution in [3.63, 3.8) is 0 Å². The molecule has 7 rings (SSSR count). The quantitative estimate of drug-likeness (QED) is 0.0895. The summed E-state index contributed by atoms with van der Waals surface area (Å²) >= 11 is 0. The number of anilines is 1. The predicted molar refractivity (Wildman–Crippen MR) is 219 cm³/mol. The topological polar surface area (TPSA) is 156 Å². The van der Waals surface area contributed by atoms with E-state index < -0.39 is 66.3 Å². The van der Waals surface area contributed by atoms with Gasteiger partial charge in [-0.3, -0.25) is 14.2 Å². The molecule has 1 fully saturated rings. The number of esters is 1. The van der Waals surface area contributed by atoms with Gasteiger partial charge in [0.2, 0.25) is 0 Å². The number of benzene rings is 5. The molecule has 13 nitrogen and oxygen atoms in total. The number of alkyl halides is 3. The number of methoxy groups -OCH3 is 2. The molecule has 2 amide bonds. The van der Waals surface area contributed by atoms with Gasteiger partial charge in [-0.15, -0.1) is 0 Å². The Kier molecular flexibility index (Phi) is 12.8. The molecular formula is C46H39F3N4O9. The smallest absolute Gasteiger partial charge is 0.471 e. The van der Waals surface area contributed by atoms with E-state index in [2.05, 4.69) is 10.3 Å². The van der Waals surface area contributed by atoms with Gasteiger partial charge in [0, 0.05) is 11.8 Å². The molecule has 62 heavy (non-hydrogen) atoms. The van der Waals surface area contributed by atoms with Crippen LogP contribution in [0.25, 0.3) is 0 Å². The number of carbonyl (C=O) groups excluding carboxylic acids is 3. The number of ether oxygens (including phenoxy) is 5. The van der Waals surface area contributed by atoms with E-state index in [4.69, 9.17) is 23.7 Å². The summed E-state index contributed by atoms with van der Waals surface area (Å²) in [6.07, 6.45) is -9.17. The Bertz CT molecular complexity index is 2490. The van der Waals surface area contributed by atoms with Crippen LogP contribution in [-0.2, 0) is 24.6 Å². The highest BCUT2D eigenvalue weighted by Gasteiger charge is 2.53. The van der Waals surface area contributed by atoms with Crippen LogP contribution < -0.4 is 25.8 Å². The summed E-state index contributed by atoms with van der Waals surface area (Å²) in [6, 6.07) is 38.3. The average molecular weight is 849 g/mol. The first kappa shape index (κ1) is 42.8. The Morgan fingerprint density at radius 1 is 0.710 bits per heavy atom. The molecule has 6 aromatic rings. The van der Waals surface area contributed by atoms with E-state index in [0.717, 1.165) is 10.8 Å². The number of hydrogen-bond donors (Lipinski definition) is 2. The van der Waals surface area contributed by atoms with Crippen molar-refractivity contribution in [2.75, 3.05) is 26.1 Å². The van der Waals surface area contributed by atoms with Crippen molar-refractivity contribution in [2.24, 2.45) is 0 Å². The number of nitrogens with one attached hydrogen (secondary N) is 2. The molecule has 1 saturated heterocycles. The Balaban J connectivity index is 1.33. The molecule has 318 valence electrons. The van der Waals surface area contributed by atoms with E-state index >= 15 is 0 Å². The first-order valence-electron chi connectivity index (χ1n) is 19.1. The highest BCUT2D eigenvalue weighted by molar-refractivity contribution is 6.03. The Hall–Kier alpha value is -7.30. The minimum Gasteiger partial charge on any atom is -0.497 e. The molecule has 0 bridgehead atoms. The van der Waals surface area contributed by atoms with E-state index in [9.17, 15) is 32.3 Å². The zero-order valence-electron chi connectivity index (χ0n) is 33.2. The number of rotatable bonds is 14. The monoisotopic (exact) mass is 848 g/mol. The van der Waals surface area contributed by atoms with Crippen molar-refractivity contribution in [3.05, 3.63) is 190 Å². The van der Waals surface area contributed by atoms with Crippen molar-refractivity contribution in [2.45, 2.75) is 36.3 Å². The van der Waals surface area contributed by atoms with Gasteiger partial charge in [-0.05, 0) is 71.3 Å². The molecule has 4 atom stereocenters. The summed E-state index contributed by atoms with van der Waals surface area (Å²) in [5.74, 6) is -3.00. The van der Waals surface area contributed by atoms with Crippen molar-refractivity contribution in [1.82, 2.24) is 14.9 Å². The number of nitrogens with zero attached hydrogens (tertiary/aromatic N) is 2. The zero-order chi connectivity index (χ0) is 43.9. The predicted octanol–water partition coefficient (Wildman–Crippen LogP) is 6.69. The summed E-state index contributed by atoms with van der Waals surface area (Å²) in [4.78, 5) is 57.0. The van der Waals surface area contributed by atoms with E-state index in [1.807, 2.05) is 23.5 Å². The zero-order valence-corrected chi connectivity index (χ0v) is 33.2. The third-order valence-electron chi connectivity index (χ3n) is 10.2. The number of aromatic nitrogens is 2. The minimum absolute atomic E-state index is 0.0453. The van der Waals surface area contributed by atoms with E-state index in [1.165, 1.54) is 32.4 Å². The second-order valence-electron chi connectivity index (χ2n) is 13.9. The lowest BCUT2D eigenvalue weighted by Gasteiger charge is -2.37. The fraction of sp³-hybridized carbons (Fsp3) is 0.196. The molecule has 1 aliphatic heterocycles. The van der Waals surface area contributed by atoms with E-state index in [1.54, 1.807) is 109 Å². The normalized spacial score (nSPS) is 17.4. The molecule has 0 radical (unpaired) electrons. The molecule has 1 aromatic heterocycles. The molecule has 5 aromatic carbocycles. The number of hydrogen-bond acceptors (Lipinski definition) is 10. The SMILES string of the molecule is COc1ccc(C(OC[C@H]2O[C@@H](n3ccc(NC(=O)c4ccccc4)nc3=O)[C@H](NC(=O)C(F)(F)F)[C@@H]2OC(=O)c2ccccc2)(c2ccccc2)c2ccc(OC)cc2)cc1. The van der Waals surface area contributed by atoms with Crippen LogP contribution >= 0.6 is 0 Å². The van der Waals surface area contributed by atoms with Crippen LogP contribution in [0.5, 0.6) is 11.5 Å². The van der Waals surface area contributed by atoms with Crippen molar-refractivity contribution in [3.8, 4) is 11.5 Å². The van der Waals surface area contributed by atoms with Gasteiger partial charge in [-0.2, -0.15) is 18.2 Å². The molecule has 0 saturated carbocycles. The van der Waals surface area contributed by atoms with Gasteiger partial charge in [0.15, 0.2) is 12.3 Å². The van der Waals surface area contributed by atoms with Crippen molar-refractivity contribution in [1.29, 1.82) is 0 Å². The van der Waals surface area contributed by atoms with Gasteiger partial charge in [0.25, 0.3) is 5.91 Å². The first-order valence-corrected chi connectivity index (χ1v) is 19.1. The van der Waals surface area contributed by atoms with Crippen LogP contribution in [0.15, 0.2) is 157 Å². The summed E-state index contributed by atoms with van der Waals surface area (Å²) in [6.45, 7) is -0.498. The Morgan fingerprint density at radius 3 is 1.74 bits per heavy atom. The second kappa shape index (κ2) is 18.5. The van der Waals surface area contributed by atoms with Gasteiger partial charge >= 0.3 is 23.7 Å². The van der Waals surface area contributed by atoms with Gasteiger partial charge in [0.1, 0.15) is 35.1 Å². The Morgan fingerprint density at radius 2 is 1.23 bits per heavy atom. The van der Waals surface area contributed by atoms with Crippen LogP contribution in [0.2, 0.25) is 0 Å². The van der Waals surface area contributed by atoms with Crippen molar-refractivity contribution >= 4 is 23.6 Å². The van der Waals surface area contributed by atoms with Crippen LogP contribution in [0.3, 0.4) is 0 Å². The average Bonchev–Trinajstić information content (AvgIpc) is 3.62. The Labute approximate surface area is 353 Å². The first-order chi connectivity index (χ1) is 29.9. The highest BCUT2D eigenvalue weighted by atomic mass is 19.4. The lowest BCUT2D eigenvalue weighted by molar-refractivity contribution is -0.175. The summed E-state index contributed by atoms with van der Waals surface area (Å²) in [7, 11) is 3.04. The highest BCUT2D eigenvalue weighted by Crippen LogP contribution is 2.43. The molecule has 0 aliphatic carbocycles. The van der Waals surface area contributed by atoms with Crippen LogP contribution in [0.4, 0.5) is 19.0 Å². The molecule has 2 heterocycles. The van der Waals surface area contributed by atoms with E-state index in [0.29, 0.717) is 28.2 Å². The summed E-state index contributed by atoms with van der Waals surface area (Å²) in [5, 5.41) is 4.42. The maximum atomic E-state index is 14.0. The summed E-state index contributed by atoms with van der Waals surface area (Å²) in [5.41, 5.74) is -0.417. The maximum Gasteiger partial charge on any atom is 0.471 e. The number of halogens is 3. The maximum absolute atomic E-state index is 14.0. The fourth-order valence-electron chi connectivity index (χ4n) is 7.14. The van der Waals surface area contributed by atoms with Crippen LogP contribution in [-0.4, -0.2) is 72.6 Å². The number of carbonyl (C=O) groups is 3. The fourth-order valence-corrected chi connectivity index (χ4v) is 7.14. The third kappa shape index (κ3) is 9.21. The van der Waals surface area contributed by atoms with Gasteiger partial charge in [0.05, 0.1) is 26.4 Å². The molecule has 2 N–H and O–H groups in total. The standard InChI is InChI=1S/C46H39F3N4O9/c1-58-34-22-18-32(19-23-34)45(31-16-10-5-11-17-31,33-20-24-35(59-2)25-21-33)60-28-36-39(62-42(55)30-14-8-4-9-15-30)38(52-43(56)46(47,48)49)41(61-36)53-27-26-37(51-44(53)57)50-40(54)29-12-6-3-7-13-29/h3-27,36,38-39,41H,28H2,1-2H3,(H,52,56)(H,50,51,54,57)/t36-,38-,39-,41-/m1/s1. The molecule has 0 unspecified atom stereocenters. The summed E-state index contributed by atoms with van der Waals surface area (Å²) < 4.78 is 73.1. The van der Waals surface area contributed by atoms with Crippen LogP contribution in [0.1, 0.15) is 43.6 Å². The molecule has 0 spiro atoms. The molecule has 16 heteroatoms. The number of amides is 2. The van der Waals surface area contributed by atoms with E-state index in [-0.39, 0.29) is 16.9 Å². The third-order valence-corrected chi connectivity index (χ3v) is 10.2. The molecular weight excluding hydrogens is 810 g/mol. The lowest BCUT2D eigenvalue weighted by Crippen LogP contribution is -2.53. The lowest BCUT2D eigenvalue weighted by atomic mass is 9.80.